The molecule has 0 saturated heterocycles. The summed E-state index contributed by atoms with van der Waals surface area (Å²) in [5.41, 5.74) is 1.32. The van der Waals surface area contributed by atoms with E-state index in [9.17, 15) is 18.0 Å². The smallest absolute Gasteiger partial charge is 0.315 e. The molecule has 0 unspecified atom stereocenters. The maximum atomic E-state index is 14.3. The fourth-order valence-electron chi connectivity index (χ4n) is 4.08. The average Bonchev–Trinajstić information content (AvgIpc) is 3.22. The van der Waals surface area contributed by atoms with Crippen molar-refractivity contribution in [3.63, 3.8) is 0 Å². The molecule has 4 aromatic rings. The lowest BCUT2D eigenvalue weighted by atomic mass is 9.72. The van der Waals surface area contributed by atoms with Gasteiger partial charge in [-0.15, -0.1) is 0 Å². The minimum absolute atomic E-state index is 0.0357. The molecule has 2 aromatic carbocycles. The van der Waals surface area contributed by atoms with Crippen molar-refractivity contribution in [1.82, 2.24) is 25.1 Å². The zero-order valence-corrected chi connectivity index (χ0v) is 20.7. The average molecular weight is 516 g/mol. The van der Waals surface area contributed by atoms with Gasteiger partial charge in [-0.3, -0.25) is 4.79 Å². The van der Waals surface area contributed by atoms with Crippen molar-refractivity contribution >= 4 is 36.3 Å². The molecule has 36 heavy (non-hydrogen) atoms. The van der Waals surface area contributed by atoms with E-state index in [0.29, 0.717) is 22.7 Å². The van der Waals surface area contributed by atoms with E-state index in [4.69, 9.17) is 16.3 Å². The number of ether oxygens (including phenoxy) is 1. The van der Waals surface area contributed by atoms with E-state index in [1.807, 2.05) is 19.1 Å². The molecule has 0 aliphatic rings. The molecule has 1 atom stereocenters. The molecule has 0 fully saturated rings. The van der Waals surface area contributed by atoms with Gasteiger partial charge in [0.15, 0.2) is 5.82 Å². The van der Waals surface area contributed by atoms with E-state index >= 15 is 0 Å². The zero-order chi connectivity index (χ0) is 26.2. The molecule has 1 N–H and O–H groups in total. The van der Waals surface area contributed by atoms with Crippen LogP contribution in [0.4, 0.5) is 13.2 Å². The summed E-state index contributed by atoms with van der Waals surface area (Å²) in [6.07, 6.45) is -1.76. The molecule has 0 saturated carbocycles. The number of rotatable bonds is 7. The third-order valence-corrected chi connectivity index (χ3v) is 6.06. The number of hydrogen-bond acceptors (Lipinski definition) is 5. The van der Waals surface area contributed by atoms with Crippen LogP contribution >= 0.6 is 11.6 Å². The Morgan fingerprint density at radius 1 is 1.31 bits per heavy atom. The molecule has 186 valence electrons. The number of aryl methyl sites for hydroxylation is 2. The normalized spacial score (nSPS) is 13.1. The molecule has 12 heteroatoms. The third-order valence-electron chi connectivity index (χ3n) is 5.72. The van der Waals surface area contributed by atoms with Gasteiger partial charge in [0.1, 0.15) is 37.9 Å². The molecule has 0 radical (unpaired) electrons. The number of halogens is 4. The minimum Gasteiger partial charge on any atom is -0.487 e. The second-order valence-electron chi connectivity index (χ2n) is 8.79. The molecule has 0 aliphatic heterocycles. The largest absolute Gasteiger partial charge is 0.487 e. The Bertz CT molecular complexity index is 1460. The van der Waals surface area contributed by atoms with Gasteiger partial charge in [0, 0.05) is 34.7 Å². The predicted molar refractivity (Wildman–Crippen MR) is 132 cm³/mol. The van der Waals surface area contributed by atoms with Crippen LogP contribution in [0, 0.1) is 12.7 Å². The first-order valence-corrected chi connectivity index (χ1v) is 11.3. The molecular formula is C24H22BClF3N5O2. The second kappa shape index (κ2) is 9.81. The van der Waals surface area contributed by atoms with Crippen LogP contribution in [0.3, 0.4) is 0 Å². The summed E-state index contributed by atoms with van der Waals surface area (Å²) >= 11 is 6.35. The molecule has 1 amide bonds. The SMILES string of the molecule is B[C@@](C)(NC(=O)C(F)F)c1cc(F)cc(Cl)c1COc1cccc2c(-c3ncnn3C)cc(C)nc12. The van der Waals surface area contributed by atoms with Crippen molar-refractivity contribution < 1.29 is 22.7 Å². The maximum Gasteiger partial charge on any atom is 0.315 e. The number of hydrogen-bond donors (Lipinski definition) is 1. The lowest BCUT2D eigenvalue weighted by Gasteiger charge is -2.30. The van der Waals surface area contributed by atoms with E-state index in [0.717, 1.165) is 28.8 Å². The van der Waals surface area contributed by atoms with E-state index < -0.39 is 23.6 Å². The topological polar surface area (TPSA) is 81.9 Å². The number of aromatic nitrogens is 4. The van der Waals surface area contributed by atoms with Gasteiger partial charge in [0.2, 0.25) is 0 Å². The van der Waals surface area contributed by atoms with Crippen LogP contribution < -0.4 is 10.1 Å². The first-order chi connectivity index (χ1) is 17.0. The lowest BCUT2D eigenvalue weighted by Crippen LogP contribution is -2.47. The Hall–Kier alpha value is -3.60. The number of para-hydroxylation sites is 1. The fraction of sp³-hybridized carbons (Fsp3) is 0.250. The number of carbonyl (C=O) groups excluding carboxylic acids is 1. The molecule has 0 spiro atoms. The first kappa shape index (κ1) is 25.5. The van der Waals surface area contributed by atoms with Crippen LogP contribution in [0.5, 0.6) is 5.75 Å². The van der Waals surface area contributed by atoms with Gasteiger partial charge in [0.05, 0.1) is 5.02 Å². The van der Waals surface area contributed by atoms with E-state index in [1.165, 1.54) is 21.1 Å². The van der Waals surface area contributed by atoms with Crippen LogP contribution in [-0.2, 0) is 23.9 Å². The van der Waals surface area contributed by atoms with Crippen LogP contribution in [0.2, 0.25) is 5.02 Å². The number of alkyl halides is 2. The van der Waals surface area contributed by atoms with Crippen molar-refractivity contribution in [3.05, 3.63) is 70.4 Å². The van der Waals surface area contributed by atoms with Crippen molar-refractivity contribution in [3.8, 4) is 17.1 Å². The number of amides is 1. The highest BCUT2D eigenvalue weighted by molar-refractivity contribution is 6.31. The van der Waals surface area contributed by atoms with Gasteiger partial charge >= 0.3 is 6.43 Å². The highest BCUT2D eigenvalue weighted by Crippen LogP contribution is 2.34. The van der Waals surface area contributed by atoms with Crippen molar-refractivity contribution in [2.45, 2.75) is 32.3 Å². The molecular weight excluding hydrogens is 494 g/mol. The summed E-state index contributed by atoms with van der Waals surface area (Å²) in [4.78, 5) is 20.7. The number of benzene rings is 2. The summed E-state index contributed by atoms with van der Waals surface area (Å²) < 4.78 is 47.8. The van der Waals surface area contributed by atoms with Gasteiger partial charge < -0.3 is 10.1 Å². The Morgan fingerprint density at radius 3 is 2.72 bits per heavy atom. The Balaban J connectivity index is 1.74. The minimum atomic E-state index is -3.22. The first-order valence-electron chi connectivity index (χ1n) is 10.9. The third kappa shape index (κ3) is 5.01. The van der Waals surface area contributed by atoms with Crippen LogP contribution in [0.1, 0.15) is 23.7 Å². The summed E-state index contributed by atoms with van der Waals surface area (Å²) in [5.74, 6) is -1.06. The van der Waals surface area contributed by atoms with Gasteiger partial charge in [-0.25, -0.2) is 19.0 Å². The van der Waals surface area contributed by atoms with Gasteiger partial charge in [-0.05, 0) is 43.7 Å². The maximum absolute atomic E-state index is 14.3. The molecule has 4 rings (SSSR count). The van der Waals surface area contributed by atoms with Crippen molar-refractivity contribution in [2.75, 3.05) is 0 Å². The van der Waals surface area contributed by atoms with Crippen LogP contribution in [0.15, 0.2) is 42.7 Å². The number of nitrogens with one attached hydrogen (secondary N) is 1. The summed E-state index contributed by atoms with van der Waals surface area (Å²) in [7, 11) is 3.27. The lowest BCUT2D eigenvalue weighted by molar-refractivity contribution is -0.132. The quantitative estimate of drug-likeness (QED) is 0.378. The summed E-state index contributed by atoms with van der Waals surface area (Å²) in [6, 6.07) is 9.57. The highest BCUT2D eigenvalue weighted by atomic mass is 35.5. The summed E-state index contributed by atoms with van der Waals surface area (Å²) in [6.45, 7) is 3.20. The number of fused-ring (bicyclic) bond motifs is 1. The monoisotopic (exact) mass is 515 g/mol. The van der Waals surface area contributed by atoms with Crippen LogP contribution in [0.25, 0.3) is 22.3 Å². The van der Waals surface area contributed by atoms with Crippen molar-refractivity contribution in [2.24, 2.45) is 7.05 Å². The molecule has 0 bridgehead atoms. The van der Waals surface area contributed by atoms with E-state index in [-0.39, 0.29) is 17.2 Å². The fourth-order valence-corrected chi connectivity index (χ4v) is 4.34. The zero-order valence-electron chi connectivity index (χ0n) is 19.9. The van der Waals surface area contributed by atoms with Gasteiger partial charge in [-0.1, -0.05) is 23.7 Å². The highest BCUT2D eigenvalue weighted by Gasteiger charge is 2.30. The molecule has 2 heterocycles. The van der Waals surface area contributed by atoms with Crippen LogP contribution in [-0.4, -0.2) is 39.9 Å². The number of nitrogens with zero attached hydrogens (tertiary/aromatic N) is 4. The molecule has 7 nitrogen and oxygen atoms in total. The number of pyridine rings is 1. The Kier molecular flexibility index (Phi) is 6.95. The number of carbonyl (C=O) groups is 1. The van der Waals surface area contributed by atoms with Gasteiger partial charge in [0.25, 0.3) is 5.91 Å². The van der Waals surface area contributed by atoms with Crippen molar-refractivity contribution in [1.29, 1.82) is 0 Å². The second-order valence-corrected chi connectivity index (χ2v) is 9.20. The standard InChI is InChI=1S/C24H22BClF3N5O2/c1-12-7-15(22-30-11-31-34(22)3)14-5-4-6-19(20(14)32-12)36-10-16-17(8-13(27)9-18(16)26)24(2,25)33-23(35)21(28)29/h4-9,11,21H,10,25H2,1-3H3,(H,33,35)/t24-/m0/s1. The van der Waals surface area contributed by atoms with E-state index in [2.05, 4.69) is 20.4 Å². The Morgan fingerprint density at radius 2 is 2.06 bits per heavy atom. The van der Waals surface area contributed by atoms with E-state index in [1.54, 1.807) is 23.9 Å². The molecule has 2 aromatic heterocycles. The van der Waals surface area contributed by atoms with Gasteiger partial charge in [-0.2, -0.15) is 13.9 Å². The molecule has 0 aliphatic carbocycles. The Labute approximate surface area is 211 Å². The predicted octanol–water partition coefficient (Wildman–Crippen LogP) is 3.90. The summed E-state index contributed by atoms with van der Waals surface area (Å²) in [5, 5.41) is 7.19.